The first-order chi connectivity index (χ1) is 8.20. The van der Waals surface area contributed by atoms with Gasteiger partial charge in [0.05, 0.1) is 6.07 Å². The molecule has 1 fully saturated rings. The third-order valence-corrected chi connectivity index (χ3v) is 3.22. The molecule has 1 unspecified atom stereocenters. The SMILES string of the molecule is N#CC(NC1CCCC1)c1ccc(O)c(O)c1. The van der Waals surface area contributed by atoms with Crippen LogP contribution in [0.2, 0.25) is 0 Å². The van der Waals surface area contributed by atoms with Crippen molar-refractivity contribution >= 4 is 0 Å². The minimum Gasteiger partial charge on any atom is -0.504 e. The summed E-state index contributed by atoms with van der Waals surface area (Å²) in [6.45, 7) is 0. The van der Waals surface area contributed by atoms with Gasteiger partial charge in [-0.3, -0.25) is 5.32 Å². The molecule has 2 rings (SSSR count). The lowest BCUT2D eigenvalue weighted by atomic mass is 10.1. The lowest BCUT2D eigenvalue weighted by Crippen LogP contribution is -2.29. The Morgan fingerprint density at radius 1 is 1.24 bits per heavy atom. The van der Waals surface area contributed by atoms with E-state index in [1.165, 1.54) is 25.0 Å². The Morgan fingerprint density at radius 3 is 2.53 bits per heavy atom. The van der Waals surface area contributed by atoms with E-state index in [-0.39, 0.29) is 11.5 Å². The Kier molecular flexibility index (Phi) is 3.50. The normalized spacial score (nSPS) is 17.8. The average molecular weight is 232 g/mol. The van der Waals surface area contributed by atoms with Gasteiger partial charge >= 0.3 is 0 Å². The number of nitrogens with zero attached hydrogens (tertiary/aromatic N) is 1. The smallest absolute Gasteiger partial charge is 0.157 e. The lowest BCUT2D eigenvalue weighted by Gasteiger charge is -2.17. The van der Waals surface area contributed by atoms with Crippen LogP contribution in [0.4, 0.5) is 0 Å². The Balaban J connectivity index is 2.11. The van der Waals surface area contributed by atoms with Crippen LogP contribution in [0, 0.1) is 11.3 Å². The number of rotatable bonds is 3. The van der Waals surface area contributed by atoms with Gasteiger partial charge < -0.3 is 10.2 Å². The molecular weight excluding hydrogens is 216 g/mol. The maximum atomic E-state index is 9.42. The minimum absolute atomic E-state index is 0.161. The molecule has 4 nitrogen and oxygen atoms in total. The van der Waals surface area contributed by atoms with Gasteiger partial charge in [-0.2, -0.15) is 5.26 Å². The van der Waals surface area contributed by atoms with Gasteiger partial charge in [0.1, 0.15) is 6.04 Å². The molecule has 1 aliphatic rings. The molecule has 17 heavy (non-hydrogen) atoms. The first kappa shape index (κ1) is 11.7. The zero-order valence-electron chi connectivity index (χ0n) is 9.56. The third-order valence-electron chi connectivity index (χ3n) is 3.22. The molecule has 1 aromatic rings. The van der Waals surface area contributed by atoms with Crippen LogP contribution in [-0.2, 0) is 0 Å². The number of hydrogen-bond acceptors (Lipinski definition) is 4. The number of hydrogen-bond donors (Lipinski definition) is 3. The van der Waals surface area contributed by atoms with Crippen LogP contribution >= 0.6 is 0 Å². The van der Waals surface area contributed by atoms with E-state index < -0.39 is 6.04 Å². The monoisotopic (exact) mass is 232 g/mol. The molecule has 0 saturated heterocycles. The van der Waals surface area contributed by atoms with Crippen LogP contribution in [0.25, 0.3) is 0 Å². The minimum atomic E-state index is -0.426. The van der Waals surface area contributed by atoms with Crippen molar-refractivity contribution in [1.82, 2.24) is 5.32 Å². The summed E-state index contributed by atoms with van der Waals surface area (Å²) in [6, 6.07) is 6.65. The van der Waals surface area contributed by atoms with Gasteiger partial charge in [0.15, 0.2) is 11.5 Å². The van der Waals surface area contributed by atoms with Crippen molar-refractivity contribution in [2.24, 2.45) is 0 Å². The van der Waals surface area contributed by atoms with Crippen molar-refractivity contribution < 1.29 is 10.2 Å². The number of nitrogens with one attached hydrogen (secondary N) is 1. The third kappa shape index (κ3) is 2.69. The first-order valence-corrected chi connectivity index (χ1v) is 5.88. The fraction of sp³-hybridized carbons (Fsp3) is 0.462. The van der Waals surface area contributed by atoms with E-state index in [0.717, 1.165) is 12.8 Å². The number of nitriles is 1. The van der Waals surface area contributed by atoms with Gasteiger partial charge in [0.25, 0.3) is 0 Å². The average Bonchev–Trinajstić information content (AvgIpc) is 2.82. The Labute approximate surface area is 101 Å². The molecule has 1 aromatic carbocycles. The highest BCUT2D eigenvalue weighted by Crippen LogP contribution is 2.29. The summed E-state index contributed by atoms with van der Waals surface area (Å²) in [5.74, 6) is -0.345. The van der Waals surface area contributed by atoms with E-state index >= 15 is 0 Å². The second-order valence-electron chi connectivity index (χ2n) is 4.46. The molecule has 0 aliphatic heterocycles. The molecule has 4 heteroatoms. The molecule has 0 heterocycles. The predicted molar refractivity (Wildman–Crippen MR) is 63.5 cm³/mol. The van der Waals surface area contributed by atoms with Crippen LogP contribution in [0.5, 0.6) is 11.5 Å². The zero-order chi connectivity index (χ0) is 12.3. The topological polar surface area (TPSA) is 76.3 Å². The molecule has 3 N–H and O–H groups in total. The molecule has 0 spiro atoms. The van der Waals surface area contributed by atoms with Crippen molar-refractivity contribution in [3.63, 3.8) is 0 Å². The van der Waals surface area contributed by atoms with Crippen LogP contribution in [0.15, 0.2) is 18.2 Å². The molecule has 0 amide bonds. The zero-order valence-corrected chi connectivity index (χ0v) is 9.56. The fourth-order valence-electron chi connectivity index (χ4n) is 2.26. The number of benzene rings is 1. The van der Waals surface area contributed by atoms with E-state index in [9.17, 15) is 10.2 Å². The first-order valence-electron chi connectivity index (χ1n) is 5.88. The predicted octanol–water partition coefficient (Wildman–Crippen LogP) is 2.19. The second-order valence-corrected chi connectivity index (χ2v) is 4.46. The van der Waals surface area contributed by atoms with Gasteiger partial charge in [-0.15, -0.1) is 0 Å². The highest BCUT2D eigenvalue weighted by molar-refractivity contribution is 5.42. The lowest BCUT2D eigenvalue weighted by molar-refractivity contribution is 0.402. The van der Waals surface area contributed by atoms with Crippen LogP contribution in [0.1, 0.15) is 37.3 Å². The van der Waals surface area contributed by atoms with Gasteiger partial charge in [-0.05, 0) is 30.5 Å². The van der Waals surface area contributed by atoms with Crippen molar-refractivity contribution in [1.29, 1.82) is 5.26 Å². The summed E-state index contributed by atoms with van der Waals surface area (Å²) < 4.78 is 0. The maximum Gasteiger partial charge on any atom is 0.157 e. The van der Waals surface area contributed by atoms with E-state index in [1.54, 1.807) is 6.07 Å². The molecule has 1 saturated carbocycles. The summed E-state index contributed by atoms with van der Waals surface area (Å²) in [4.78, 5) is 0. The van der Waals surface area contributed by atoms with E-state index in [1.807, 2.05) is 0 Å². The largest absolute Gasteiger partial charge is 0.504 e. The quantitative estimate of drug-likeness (QED) is 0.698. The Morgan fingerprint density at radius 2 is 1.94 bits per heavy atom. The molecule has 0 bridgehead atoms. The van der Waals surface area contributed by atoms with Crippen molar-refractivity contribution in [3.8, 4) is 17.6 Å². The molecule has 0 radical (unpaired) electrons. The van der Waals surface area contributed by atoms with E-state index in [4.69, 9.17) is 5.26 Å². The summed E-state index contributed by atoms with van der Waals surface area (Å²) in [5.41, 5.74) is 0.690. The van der Waals surface area contributed by atoms with Crippen LogP contribution in [0.3, 0.4) is 0 Å². The van der Waals surface area contributed by atoms with Crippen LogP contribution in [-0.4, -0.2) is 16.3 Å². The summed E-state index contributed by atoms with van der Waals surface area (Å²) in [5, 5.41) is 31.1. The van der Waals surface area contributed by atoms with Crippen molar-refractivity contribution in [2.45, 2.75) is 37.8 Å². The van der Waals surface area contributed by atoms with Gasteiger partial charge in [-0.25, -0.2) is 0 Å². The molecule has 1 atom stereocenters. The van der Waals surface area contributed by atoms with Gasteiger partial charge in [-0.1, -0.05) is 18.9 Å². The standard InChI is InChI=1S/C13H16N2O2/c14-8-11(15-10-3-1-2-4-10)9-5-6-12(16)13(17)7-9/h5-7,10-11,15-17H,1-4H2. The van der Waals surface area contributed by atoms with E-state index in [0.29, 0.717) is 11.6 Å². The highest BCUT2D eigenvalue weighted by Gasteiger charge is 2.20. The number of phenolic OH excluding ortho intramolecular Hbond substituents is 2. The highest BCUT2D eigenvalue weighted by atomic mass is 16.3. The molecule has 90 valence electrons. The number of aromatic hydroxyl groups is 2. The Hall–Kier alpha value is -1.73. The number of phenols is 2. The molecular formula is C13H16N2O2. The van der Waals surface area contributed by atoms with Gasteiger partial charge in [0, 0.05) is 6.04 Å². The van der Waals surface area contributed by atoms with Crippen LogP contribution < -0.4 is 5.32 Å². The maximum absolute atomic E-state index is 9.42. The van der Waals surface area contributed by atoms with Crippen molar-refractivity contribution in [3.05, 3.63) is 23.8 Å². The van der Waals surface area contributed by atoms with Gasteiger partial charge in [0.2, 0.25) is 0 Å². The summed E-state index contributed by atoms with van der Waals surface area (Å²) >= 11 is 0. The summed E-state index contributed by atoms with van der Waals surface area (Å²) in [7, 11) is 0. The second kappa shape index (κ2) is 5.07. The van der Waals surface area contributed by atoms with Crippen molar-refractivity contribution in [2.75, 3.05) is 0 Å². The van der Waals surface area contributed by atoms with E-state index in [2.05, 4.69) is 11.4 Å². The Bertz CT molecular complexity index is 434. The fourth-order valence-corrected chi connectivity index (χ4v) is 2.26. The molecule has 1 aliphatic carbocycles. The molecule has 0 aromatic heterocycles. The summed E-state index contributed by atoms with van der Waals surface area (Å²) in [6.07, 6.45) is 4.61.